The van der Waals surface area contributed by atoms with Crippen LogP contribution in [0.15, 0.2) is 48.5 Å². The standard InChI is InChI=1S/C14H9Te/c15-14-10-8-13(9-11-14)7-6-12-4-2-1-3-5-12/h2-5,8-11,15H. The maximum atomic E-state index is 3.13. The van der Waals surface area contributed by atoms with Gasteiger partial charge in [-0.2, -0.15) is 0 Å². The van der Waals surface area contributed by atoms with Gasteiger partial charge in [0.25, 0.3) is 0 Å². The zero-order valence-corrected chi connectivity index (χ0v) is 10.6. The molecule has 0 bridgehead atoms. The molecule has 1 heteroatoms. The van der Waals surface area contributed by atoms with Crippen LogP contribution in [0.5, 0.6) is 0 Å². The molecule has 0 unspecified atom stereocenters. The maximum absolute atomic E-state index is 3.13. The van der Waals surface area contributed by atoms with Gasteiger partial charge in [0.1, 0.15) is 0 Å². The Labute approximate surface area is 103 Å². The summed E-state index contributed by atoms with van der Waals surface area (Å²) in [7, 11) is 0. The first kappa shape index (κ1) is 10.3. The van der Waals surface area contributed by atoms with Crippen LogP contribution in [0.1, 0.15) is 11.1 Å². The first-order valence-corrected chi connectivity index (χ1v) is 5.89. The zero-order valence-electron chi connectivity index (χ0n) is 8.07. The normalized spacial score (nSPS) is 9.13. The van der Waals surface area contributed by atoms with Crippen molar-refractivity contribution in [1.29, 1.82) is 0 Å². The van der Waals surface area contributed by atoms with E-state index in [1.165, 1.54) is 3.61 Å². The molecule has 15 heavy (non-hydrogen) atoms. The fraction of sp³-hybridized carbons (Fsp3) is 0. The third-order valence-corrected chi connectivity index (χ3v) is 2.79. The van der Waals surface area contributed by atoms with E-state index in [4.69, 9.17) is 0 Å². The van der Waals surface area contributed by atoms with Crippen molar-refractivity contribution in [2.45, 2.75) is 0 Å². The first-order valence-electron chi connectivity index (χ1n) is 4.62. The Kier molecular flexibility index (Phi) is 3.46. The zero-order chi connectivity index (χ0) is 10.5. The SMILES string of the molecule is [TeH]c1ccc(C#Cc2cc[c]cc2)cc1. The minimum absolute atomic E-state index is 1.03. The number of benzene rings is 2. The van der Waals surface area contributed by atoms with Crippen molar-refractivity contribution in [3.05, 3.63) is 65.7 Å². The summed E-state index contributed by atoms with van der Waals surface area (Å²) in [6.45, 7) is 0. The molecule has 2 aromatic carbocycles. The Morgan fingerprint density at radius 1 is 0.800 bits per heavy atom. The number of rotatable bonds is 0. The number of hydrogen-bond donors (Lipinski definition) is 0. The summed E-state index contributed by atoms with van der Waals surface area (Å²) in [5, 5.41) is 0. The van der Waals surface area contributed by atoms with Crippen LogP contribution >= 0.6 is 0 Å². The molecule has 0 N–H and O–H groups in total. The molecule has 0 nitrogen and oxygen atoms in total. The molecule has 0 fully saturated rings. The average Bonchev–Trinajstić information content (AvgIpc) is 2.30. The van der Waals surface area contributed by atoms with E-state index in [1.54, 1.807) is 22.3 Å². The molecule has 0 aliphatic heterocycles. The molecule has 0 amide bonds. The topological polar surface area (TPSA) is 0 Å². The second-order valence-electron chi connectivity index (χ2n) is 3.09. The van der Waals surface area contributed by atoms with E-state index in [-0.39, 0.29) is 0 Å². The molecule has 0 atom stereocenters. The van der Waals surface area contributed by atoms with Crippen molar-refractivity contribution in [1.82, 2.24) is 0 Å². The van der Waals surface area contributed by atoms with Gasteiger partial charge in [-0.25, -0.2) is 0 Å². The van der Waals surface area contributed by atoms with Gasteiger partial charge in [-0.3, -0.25) is 0 Å². The van der Waals surface area contributed by atoms with Crippen LogP contribution in [0, 0.1) is 17.9 Å². The summed E-state index contributed by atoms with van der Waals surface area (Å²) in [5.41, 5.74) is 2.08. The average molecular weight is 305 g/mol. The fourth-order valence-corrected chi connectivity index (χ4v) is 1.58. The Morgan fingerprint density at radius 3 is 1.93 bits per heavy atom. The van der Waals surface area contributed by atoms with Gasteiger partial charge < -0.3 is 0 Å². The Bertz CT molecular complexity index is 486. The van der Waals surface area contributed by atoms with E-state index in [9.17, 15) is 0 Å². The summed E-state index contributed by atoms with van der Waals surface area (Å²) >= 11 is 1.72. The summed E-state index contributed by atoms with van der Waals surface area (Å²) in [6, 6.07) is 18.9. The van der Waals surface area contributed by atoms with Crippen LogP contribution in [0.4, 0.5) is 0 Å². The molecule has 2 aromatic rings. The van der Waals surface area contributed by atoms with Crippen LogP contribution in [-0.4, -0.2) is 22.3 Å². The second kappa shape index (κ2) is 5.04. The van der Waals surface area contributed by atoms with Gasteiger partial charge in [0.15, 0.2) is 0 Å². The van der Waals surface area contributed by atoms with E-state index in [0.717, 1.165) is 11.1 Å². The van der Waals surface area contributed by atoms with Gasteiger partial charge in [0.05, 0.1) is 0 Å². The first-order chi connectivity index (χ1) is 7.34. The van der Waals surface area contributed by atoms with Crippen molar-refractivity contribution in [3.8, 4) is 11.8 Å². The fourth-order valence-electron chi connectivity index (χ4n) is 1.16. The van der Waals surface area contributed by atoms with Crippen molar-refractivity contribution in [2.24, 2.45) is 0 Å². The summed E-state index contributed by atoms with van der Waals surface area (Å²) < 4.78 is 1.31. The third kappa shape index (κ3) is 3.14. The van der Waals surface area contributed by atoms with E-state index < -0.39 is 0 Å². The molecule has 0 saturated carbocycles. The van der Waals surface area contributed by atoms with Gasteiger partial charge in [-0.05, 0) is 0 Å². The van der Waals surface area contributed by atoms with Crippen molar-refractivity contribution >= 4 is 25.9 Å². The Balaban J connectivity index is 2.22. The van der Waals surface area contributed by atoms with Gasteiger partial charge in [-0.1, -0.05) is 0 Å². The van der Waals surface area contributed by atoms with Crippen molar-refractivity contribution in [3.63, 3.8) is 0 Å². The van der Waals surface area contributed by atoms with Gasteiger partial charge in [0.2, 0.25) is 0 Å². The van der Waals surface area contributed by atoms with Gasteiger partial charge in [-0.15, -0.1) is 0 Å². The Morgan fingerprint density at radius 2 is 1.33 bits per heavy atom. The predicted octanol–water partition coefficient (Wildman–Crippen LogP) is 1.41. The summed E-state index contributed by atoms with van der Waals surface area (Å²) in [4.78, 5) is 0. The summed E-state index contributed by atoms with van der Waals surface area (Å²) in [6.07, 6.45) is 0. The quantitative estimate of drug-likeness (QED) is 0.510. The van der Waals surface area contributed by atoms with Crippen molar-refractivity contribution < 1.29 is 0 Å². The van der Waals surface area contributed by atoms with E-state index in [1.807, 2.05) is 24.3 Å². The van der Waals surface area contributed by atoms with E-state index >= 15 is 0 Å². The molecular formula is C14H9Te. The molecule has 0 aromatic heterocycles. The van der Waals surface area contributed by atoms with E-state index in [0.29, 0.717) is 0 Å². The monoisotopic (exact) mass is 307 g/mol. The van der Waals surface area contributed by atoms with Gasteiger partial charge in [0, 0.05) is 0 Å². The van der Waals surface area contributed by atoms with Gasteiger partial charge >= 0.3 is 103 Å². The van der Waals surface area contributed by atoms with Crippen LogP contribution in [0.2, 0.25) is 0 Å². The van der Waals surface area contributed by atoms with Crippen molar-refractivity contribution in [2.75, 3.05) is 0 Å². The molecular weight excluding hydrogens is 296 g/mol. The third-order valence-electron chi connectivity index (χ3n) is 1.94. The molecule has 2 rings (SSSR count). The predicted molar refractivity (Wildman–Crippen MR) is 64.5 cm³/mol. The van der Waals surface area contributed by atoms with E-state index in [2.05, 4.69) is 42.2 Å². The molecule has 0 heterocycles. The minimum atomic E-state index is 1.03. The van der Waals surface area contributed by atoms with Crippen LogP contribution in [0.3, 0.4) is 0 Å². The molecule has 0 aliphatic carbocycles. The van der Waals surface area contributed by atoms with Crippen LogP contribution < -0.4 is 3.61 Å². The number of hydrogen-bond acceptors (Lipinski definition) is 0. The van der Waals surface area contributed by atoms with Crippen LogP contribution in [0.25, 0.3) is 0 Å². The van der Waals surface area contributed by atoms with Crippen LogP contribution in [-0.2, 0) is 0 Å². The molecule has 0 aliphatic rings. The summed E-state index contributed by atoms with van der Waals surface area (Å²) in [5.74, 6) is 6.24. The molecule has 0 saturated heterocycles. The molecule has 1 radical (unpaired) electrons. The second-order valence-corrected chi connectivity index (χ2v) is 4.56. The molecule has 71 valence electrons. The molecule has 0 spiro atoms. The Hall–Kier alpha value is -1.21.